The van der Waals surface area contributed by atoms with Gasteiger partial charge in [0, 0.05) is 0 Å². The summed E-state index contributed by atoms with van der Waals surface area (Å²) in [5, 5.41) is 0. The maximum Gasteiger partial charge on any atom is 0.253 e. The Labute approximate surface area is 103 Å². The molecule has 0 atom stereocenters. The van der Waals surface area contributed by atoms with Gasteiger partial charge in [0.25, 0.3) is 3.79 Å². The highest BCUT2D eigenvalue weighted by Gasteiger charge is 2.33. The van der Waals surface area contributed by atoms with E-state index < -0.39 is 9.58 Å². The molecule has 0 fully saturated rings. The lowest BCUT2D eigenvalue weighted by atomic mass is 10.1. The number of halogens is 3. The number of benzene rings is 1. The van der Waals surface area contributed by atoms with Crippen LogP contribution in [0.25, 0.3) is 0 Å². The van der Waals surface area contributed by atoms with Crippen molar-refractivity contribution in [2.45, 2.75) is 10.7 Å². The molecule has 0 aliphatic heterocycles. The summed E-state index contributed by atoms with van der Waals surface area (Å²) in [7, 11) is 1.46. The summed E-state index contributed by atoms with van der Waals surface area (Å²) < 4.78 is 3.06. The lowest BCUT2D eigenvalue weighted by molar-refractivity contribution is 0.0993. The summed E-state index contributed by atoms with van der Waals surface area (Å²) in [6.45, 7) is 1.84. The summed E-state index contributed by atoms with van der Waals surface area (Å²) >= 11 is 16.6. The minimum atomic E-state index is -1.96. The van der Waals surface area contributed by atoms with Crippen molar-refractivity contribution in [1.29, 1.82) is 0 Å². The molecule has 0 radical (unpaired) electrons. The van der Waals surface area contributed by atoms with Crippen LogP contribution in [0.15, 0.2) is 18.2 Å². The van der Waals surface area contributed by atoms with Crippen molar-refractivity contribution in [3.05, 3.63) is 29.3 Å². The van der Waals surface area contributed by atoms with Crippen molar-refractivity contribution in [1.82, 2.24) is 0 Å². The first kappa shape index (κ1) is 12.6. The van der Waals surface area contributed by atoms with Gasteiger partial charge in [-0.1, -0.05) is 46.4 Å². The van der Waals surface area contributed by atoms with E-state index >= 15 is 0 Å². The number of carbonyl (C=O) groups excluding carboxylic acids is 1. The molecule has 5 heteroatoms. The van der Waals surface area contributed by atoms with Gasteiger partial charge in [-0.3, -0.25) is 4.79 Å². The molecular weight excluding hydrogens is 258 g/mol. The van der Waals surface area contributed by atoms with Gasteiger partial charge in [-0.2, -0.15) is 0 Å². The fourth-order valence-corrected chi connectivity index (χ4v) is 1.46. The summed E-state index contributed by atoms with van der Waals surface area (Å²) in [5.74, 6) is -0.190. The van der Waals surface area contributed by atoms with Gasteiger partial charge in [0.05, 0.1) is 12.7 Å². The SMILES string of the molecule is COc1ccc(C)cc1C(=O)C(Cl)(Cl)Cl. The van der Waals surface area contributed by atoms with Crippen LogP contribution in [-0.4, -0.2) is 16.7 Å². The van der Waals surface area contributed by atoms with E-state index in [2.05, 4.69) is 0 Å². The predicted octanol–water partition coefficient (Wildman–Crippen LogP) is 3.56. The smallest absolute Gasteiger partial charge is 0.253 e. The Kier molecular flexibility index (Phi) is 3.87. The van der Waals surface area contributed by atoms with Gasteiger partial charge in [0.15, 0.2) is 0 Å². The molecule has 0 saturated heterocycles. The summed E-state index contributed by atoms with van der Waals surface area (Å²) in [6.07, 6.45) is 0. The fraction of sp³-hybridized carbons (Fsp3) is 0.300. The predicted molar refractivity (Wildman–Crippen MR) is 62.4 cm³/mol. The average Bonchev–Trinajstić information content (AvgIpc) is 2.15. The Hall–Kier alpha value is -0.440. The summed E-state index contributed by atoms with van der Waals surface area (Å²) in [5.41, 5.74) is 1.17. The molecule has 0 amide bonds. The molecule has 1 aromatic rings. The zero-order chi connectivity index (χ0) is 11.6. The Morgan fingerprint density at radius 1 is 1.33 bits per heavy atom. The zero-order valence-electron chi connectivity index (χ0n) is 8.18. The van der Waals surface area contributed by atoms with Gasteiger partial charge < -0.3 is 4.74 Å². The molecule has 0 aromatic heterocycles. The lowest BCUT2D eigenvalue weighted by Gasteiger charge is -2.13. The molecule has 82 valence electrons. The number of Topliss-reactive ketones (excluding diaryl/α,β-unsaturated/α-hetero) is 1. The maximum absolute atomic E-state index is 11.7. The second kappa shape index (κ2) is 4.60. The van der Waals surface area contributed by atoms with Crippen LogP contribution in [-0.2, 0) is 0 Å². The van der Waals surface area contributed by atoms with Crippen LogP contribution < -0.4 is 4.74 Å². The van der Waals surface area contributed by atoms with E-state index in [1.807, 2.05) is 13.0 Å². The Balaban J connectivity index is 3.23. The van der Waals surface area contributed by atoms with E-state index in [1.54, 1.807) is 12.1 Å². The highest BCUT2D eigenvalue weighted by Crippen LogP contribution is 2.33. The largest absolute Gasteiger partial charge is 0.496 e. The van der Waals surface area contributed by atoms with Crippen molar-refractivity contribution in [3.63, 3.8) is 0 Å². The van der Waals surface area contributed by atoms with E-state index in [9.17, 15) is 4.79 Å². The van der Waals surface area contributed by atoms with Gasteiger partial charge >= 0.3 is 0 Å². The van der Waals surface area contributed by atoms with Crippen LogP contribution in [0.1, 0.15) is 15.9 Å². The minimum Gasteiger partial charge on any atom is -0.496 e. The van der Waals surface area contributed by atoms with E-state index in [1.165, 1.54) is 7.11 Å². The van der Waals surface area contributed by atoms with Crippen LogP contribution in [0.2, 0.25) is 0 Å². The van der Waals surface area contributed by atoms with Gasteiger partial charge in [-0.25, -0.2) is 0 Å². The maximum atomic E-state index is 11.7. The molecule has 0 unspecified atom stereocenters. The first-order valence-corrected chi connectivity index (χ1v) is 5.26. The second-order valence-corrected chi connectivity index (χ2v) is 5.31. The Morgan fingerprint density at radius 2 is 1.93 bits per heavy atom. The summed E-state index contributed by atoms with van der Waals surface area (Å²) in [6, 6.07) is 5.11. The van der Waals surface area contributed by atoms with Crippen molar-refractivity contribution < 1.29 is 9.53 Å². The molecular formula is C10H9Cl3O2. The lowest BCUT2D eigenvalue weighted by Crippen LogP contribution is -2.19. The van der Waals surface area contributed by atoms with Gasteiger partial charge in [0.2, 0.25) is 5.78 Å². The van der Waals surface area contributed by atoms with E-state index in [-0.39, 0.29) is 5.56 Å². The number of ketones is 1. The second-order valence-electron chi connectivity index (χ2n) is 3.03. The monoisotopic (exact) mass is 266 g/mol. The van der Waals surface area contributed by atoms with Crippen molar-refractivity contribution in [2.75, 3.05) is 7.11 Å². The standard InChI is InChI=1S/C10H9Cl3O2/c1-6-3-4-8(15-2)7(5-6)9(14)10(11,12)13/h3-5H,1-2H3. The normalized spacial score (nSPS) is 11.3. The van der Waals surface area contributed by atoms with Gasteiger partial charge in [-0.05, 0) is 19.1 Å². The molecule has 0 saturated carbocycles. The number of carbonyl (C=O) groups is 1. The van der Waals surface area contributed by atoms with Crippen molar-refractivity contribution in [3.8, 4) is 5.75 Å². The Bertz CT molecular complexity index is 383. The molecule has 0 bridgehead atoms. The molecule has 0 aliphatic rings. The van der Waals surface area contributed by atoms with Crippen LogP contribution in [0.3, 0.4) is 0 Å². The van der Waals surface area contributed by atoms with Crippen molar-refractivity contribution in [2.24, 2.45) is 0 Å². The van der Waals surface area contributed by atoms with E-state index in [0.717, 1.165) is 5.56 Å². The molecule has 15 heavy (non-hydrogen) atoms. The minimum absolute atomic E-state index is 0.275. The number of hydrogen-bond donors (Lipinski definition) is 0. The first-order valence-electron chi connectivity index (χ1n) is 4.12. The zero-order valence-corrected chi connectivity index (χ0v) is 10.5. The third kappa shape index (κ3) is 3.00. The molecule has 0 N–H and O–H groups in total. The fourth-order valence-electron chi connectivity index (χ4n) is 1.15. The van der Waals surface area contributed by atoms with Crippen LogP contribution in [0, 0.1) is 6.92 Å². The number of rotatable bonds is 2. The van der Waals surface area contributed by atoms with Gasteiger partial charge in [0.1, 0.15) is 5.75 Å². The average molecular weight is 268 g/mol. The van der Waals surface area contributed by atoms with Crippen LogP contribution >= 0.6 is 34.8 Å². The molecule has 1 aromatic carbocycles. The van der Waals surface area contributed by atoms with Crippen LogP contribution in [0.5, 0.6) is 5.75 Å². The molecule has 2 nitrogen and oxygen atoms in total. The number of alkyl halides is 3. The number of aryl methyl sites for hydroxylation is 1. The topological polar surface area (TPSA) is 26.3 Å². The van der Waals surface area contributed by atoms with Gasteiger partial charge in [-0.15, -0.1) is 0 Å². The summed E-state index contributed by atoms with van der Waals surface area (Å²) in [4.78, 5) is 11.7. The van der Waals surface area contributed by atoms with E-state index in [0.29, 0.717) is 5.75 Å². The number of methoxy groups -OCH3 is 1. The molecule has 0 spiro atoms. The quantitative estimate of drug-likeness (QED) is 0.605. The Morgan fingerprint density at radius 3 is 2.40 bits per heavy atom. The van der Waals surface area contributed by atoms with Crippen molar-refractivity contribution >= 4 is 40.6 Å². The highest BCUT2D eigenvalue weighted by atomic mass is 35.6. The number of hydrogen-bond acceptors (Lipinski definition) is 2. The molecule has 0 aliphatic carbocycles. The first-order chi connectivity index (χ1) is 6.86. The number of ether oxygens (including phenoxy) is 1. The molecule has 1 rings (SSSR count). The van der Waals surface area contributed by atoms with E-state index in [4.69, 9.17) is 39.5 Å². The molecule has 0 heterocycles. The highest BCUT2D eigenvalue weighted by molar-refractivity contribution is 6.77. The third-order valence-electron chi connectivity index (χ3n) is 1.86. The third-order valence-corrected chi connectivity index (χ3v) is 2.37. The van der Waals surface area contributed by atoms with Crippen LogP contribution in [0.4, 0.5) is 0 Å².